The van der Waals surface area contributed by atoms with Gasteiger partial charge in [-0.05, 0) is 0 Å². The number of aromatic nitrogens is 5. The van der Waals surface area contributed by atoms with E-state index in [-0.39, 0.29) is 0 Å². The van der Waals surface area contributed by atoms with Crippen molar-refractivity contribution in [3.05, 3.63) is 22.8 Å². The number of aryl methyl sites for hydroxylation is 1. The molecule has 0 aromatic carbocycles. The molecule has 3 aromatic rings. The third-order valence-electron chi connectivity index (χ3n) is 2.33. The molecule has 18 heavy (non-hydrogen) atoms. The SMILES string of the molecule is Cn1cc(-c2noc(-c3csc(CN)n3)n2)cn1. The fourth-order valence-corrected chi connectivity index (χ4v) is 2.13. The summed E-state index contributed by atoms with van der Waals surface area (Å²) >= 11 is 1.47. The molecule has 0 radical (unpaired) electrons. The molecule has 0 aliphatic heterocycles. The molecule has 0 aliphatic rings. The van der Waals surface area contributed by atoms with Crippen molar-refractivity contribution in [3.63, 3.8) is 0 Å². The number of thiazole rings is 1. The van der Waals surface area contributed by atoms with Crippen molar-refractivity contribution in [1.82, 2.24) is 24.9 Å². The van der Waals surface area contributed by atoms with Crippen molar-refractivity contribution >= 4 is 11.3 Å². The van der Waals surface area contributed by atoms with Gasteiger partial charge in [-0.1, -0.05) is 5.16 Å². The summed E-state index contributed by atoms with van der Waals surface area (Å²) in [7, 11) is 1.83. The van der Waals surface area contributed by atoms with E-state index in [0.29, 0.717) is 24.0 Å². The molecule has 0 unspecified atom stereocenters. The maximum Gasteiger partial charge on any atom is 0.277 e. The van der Waals surface area contributed by atoms with Crippen LogP contribution in [0.15, 0.2) is 22.3 Å². The van der Waals surface area contributed by atoms with Gasteiger partial charge in [-0.3, -0.25) is 4.68 Å². The maximum absolute atomic E-state index is 5.51. The van der Waals surface area contributed by atoms with Gasteiger partial charge in [0, 0.05) is 25.2 Å². The Kier molecular flexibility index (Phi) is 2.65. The third-order valence-corrected chi connectivity index (χ3v) is 3.21. The molecule has 0 saturated carbocycles. The lowest BCUT2D eigenvalue weighted by molar-refractivity contribution is 0.431. The minimum Gasteiger partial charge on any atom is -0.332 e. The van der Waals surface area contributed by atoms with E-state index in [1.54, 1.807) is 10.9 Å². The highest BCUT2D eigenvalue weighted by molar-refractivity contribution is 7.09. The Morgan fingerprint density at radius 1 is 1.44 bits per heavy atom. The number of nitrogens with two attached hydrogens (primary N) is 1. The quantitative estimate of drug-likeness (QED) is 0.758. The topological polar surface area (TPSA) is 95.7 Å². The monoisotopic (exact) mass is 262 g/mol. The highest BCUT2D eigenvalue weighted by Crippen LogP contribution is 2.23. The average Bonchev–Trinajstić information content (AvgIpc) is 3.07. The van der Waals surface area contributed by atoms with Gasteiger partial charge in [0.15, 0.2) is 0 Å². The Balaban J connectivity index is 1.93. The van der Waals surface area contributed by atoms with E-state index < -0.39 is 0 Å². The van der Waals surface area contributed by atoms with Crippen molar-refractivity contribution < 1.29 is 4.52 Å². The molecule has 2 N–H and O–H groups in total. The predicted octanol–water partition coefficient (Wildman–Crippen LogP) is 1.05. The van der Waals surface area contributed by atoms with Crippen molar-refractivity contribution in [2.24, 2.45) is 12.8 Å². The van der Waals surface area contributed by atoms with E-state index in [0.717, 1.165) is 10.6 Å². The fourth-order valence-electron chi connectivity index (χ4n) is 1.48. The number of hydrogen-bond acceptors (Lipinski definition) is 7. The Morgan fingerprint density at radius 3 is 3.00 bits per heavy atom. The van der Waals surface area contributed by atoms with E-state index in [1.807, 2.05) is 18.6 Å². The first-order chi connectivity index (χ1) is 8.76. The summed E-state index contributed by atoms with van der Waals surface area (Å²) in [4.78, 5) is 8.57. The molecule has 0 spiro atoms. The molecule has 92 valence electrons. The second-order valence-electron chi connectivity index (χ2n) is 3.66. The zero-order chi connectivity index (χ0) is 12.5. The van der Waals surface area contributed by atoms with Crippen molar-refractivity contribution in [2.45, 2.75) is 6.54 Å². The highest BCUT2D eigenvalue weighted by atomic mass is 32.1. The first kappa shape index (κ1) is 11.1. The molecule has 7 nitrogen and oxygen atoms in total. The molecule has 8 heteroatoms. The van der Waals surface area contributed by atoms with Crippen molar-refractivity contribution in [1.29, 1.82) is 0 Å². The summed E-state index contributed by atoms with van der Waals surface area (Å²) < 4.78 is 6.86. The molecule has 0 amide bonds. The van der Waals surface area contributed by atoms with E-state index in [9.17, 15) is 0 Å². The third kappa shape index (κ3) is 1.91. The summed E-state index contributed by atoms with van der Waals surface area (Å²) in [6.07, 6.45) is 3.50. The van der Waals surface area contributed by atoms with Crippen LogP contribution < -0.4 is 5.73 Å². The van der Waals surface area contributed by atoms with E-state index in [2.05, 4.69) is 20.2 Å². The minimum atomic E-state index is 0.393. The van der Waals surface area contributed by atoms with Crippen LogP contribution in [0, 0.1) is 0 Å². The predicted molar refractivity (Wildman–Crippen MR) is 65.5 cm³/mol. The summed E-state index contributed by atoms with van der Waals surface area (Å²) in [6.45, 7) is 0.411. The lowest BCUT2D eigenvalue weighted by atomic mass is 10.3. The number of rotatable bonds is 3. The molecule has 3 aromatic heterocycles. The van der Waals surface area contributed by atoms with Gasteiger partial charge in [0.1, 0.15) is 10.7 Å². The van der Waals surface area contributed by atoms with E-state index in [1.165, 1.54) is 11.3 Å². The second kappa shape index (κ2) is 4.31. The van der Waals surface area contributed by atoms with Crippen LogP contribution in [0.25, 0.3) is 23.0 Å². The zero-order valence-corrected chi connectivity index (χ0v) is 10.4. The minimum absolute atomic E-state index is 0.393. The van der Waals surface area contributed by atoms with Crippen LogP contribution >= 0.6 is 11.3 Å². The van der Waals surface area contributed by atoms with Crippen LogP contribution in [0.3, 0.4) is 0 Å². The summed E-state index contributed by atoms with van der Waals surface area (Å²) in [5.41, 5.74) is 6.97. The lowest BCUT2D eigenvalue weighted by Gasteiger charge is -1.85. The van der Waals surface area contributed by atoms with Gasteiger partial charge < -0.3 is 10.3 Å². The van der Waals surface area contributed by atoms with Gasteiger partial charge in [-0.25, -0.2) is 4.98 Å². The normalized spacial score (nSPS) is 11.0. The van der Waals surface area contributed by atoms with Gasteiger partial charge in [-0.2, -0.15) is 10.1 Å². The summed E-state index contributed by atoms with van der Waals surface area (Å²) in [5.74, 6) is 0.894. The number of nitrogens with zero attached hydrogens (tertiary/aromatic N) is 5. The fraction of sp³-hybridized carbons (Fsp3) is 0.200. The molecule has 0 aliphatic carbocycles. The smallest absolute Gasteiger partial charge is 0.277 e. The van der Waals surface area contributed by atoms with E-state index >= 15 is 0 Å². The summed E-state index contributed by atoms with van der Waals surface area (Å²) in [5, 5.41) is 10.7. The molecule has 0 saturated heterocycles. The largest absolute Gasteiger partial charge is 0.332 e. The van der Waals surface area contributed by atoms with Crippen LogP contribution in [-0.2, 0) is 13.6 Å². The lowest BCUT2D eigenvalue weighted by Crippen LogP contribution is -1.94. The molecule has 3 heterocycles. The molecule has 3 rings (SSSR count). The average molecular weight is 262 g/mol. The Labute approximate surface area is 106 Å². The zero-order valence-electron chi connectivity index (χ0n) is 9.57. The molecular weight excluding hydrogens is 252 g/mol. The first-order valence-electron chi connectivity index (χ1n) is 5.24. The Morgan fingerprint density at radius 2 is 2.33 bits per heavy atom. The van der Waals surface area contributed by atoms with Gasteiger partial charge in [0.25, 0.3) is 5.89 Å². The van der Waals surface area contributed by atoms with Gasteiger partial charge in [0.2, 0.25) is 5.82 Å². The van der Waals surface area contributed by atoms with Crippen LogP contribution in [-0.4, -0.2) is 24.9 Å². The highest BCUT2D eigenvalue weighted by Gasteiger charge is 2.14. The Hall–Kier alpha value is -2.06. The maximum atomic E-state index is 5.51. The molecule has 0 fully saturated rings. The van der Waals surface area contributed by atoms with Crippen LogP contribution in [0.1, 0.15) is 5.01 Å². The molecule has 0 bridgehead atoms. The van der Waals surface area contributed by atoms with Crippen LogP contribution in [0.4, 0.5) is 0 Å². The van der Waals surface area contributed by atoms with Gasteiger partial charge in [-0.15, -0.1) is 11.3 Å². The Bertz CT molecular complexity index is 669. The second-order valence-corrected chi connectivity index (χ2v) is 4.60. The molecule has 0 atom stereocenters. The summed E-state index contributed by atoms with van der Waals surface area (Å²) in [6, 6.07) is 0. The van der Waals surface area contributed by atoms with Crippen LogP contribution in [0.5, 0.6) is 0 Å². The molecular formula is C10H10N6OS. The van der Waals surface area contributed by atoms with E-state index in [4.69, 9.17) is 10.3 Å². The van der Waals surface area contributed by atoms with Gasteiger partial charge in [0.05, 0.1) is 11.8 Å². The van der Waals surface area contributed by atoms with Crippen molar-refractivity contribution in [2.75, 3.05) is 0 Å². The standard InChI is InChI=1S/C10H10N6OS/c1-16-4-6(3-12-16)9-14-10(17-15-9)7-5-18-8(2-11)13-7/h3-5H,2,11H2,1H3. The van der Waals surface area contributed by atoms with Crippen molar-refractivity contribution in [3.8, 4) is 23.0 Å². The van der Waals surface area contributed by atoms with Gasteiger partial charge >= 0.3 is 0 Å². The number of hydrogen-bond donors (Lipinski definition) is 1. The first-order valence-corrected chi connectivity index (χ1v) is 6.12. The van der Waals surface area contributed by atoms with Crippen LogP contribution in [0.2, 0.25) is 0 Å².